The Balaban J connectivity index is 4.08. The molecule has 330 valence electrons. The summed E-state index contributed by atoms with van der Waals surface area (Å²) in [5, 5.41) is 11.6. The molecule has 0 radical (unpaired) electrons. The summed E-state index contributed by atoms with van der Waals surface area (Å²) in [5.41, 5.74) is 0. The van der Waals surface area contributed by atoms with Crippen LogP contribution in [-0.2, 0) is 33.3 Å². The second kappa shape index (κ2) is 40.0. The van der Waals surface area contributed by atoms with Crippen LogP contribution in [0.4, 0.5) is 0 Å². The summed E-state index contributed by atoms with van der Waals surface area (Å²) in [5.74, 6) is -2.30. The molecule has 0 amide bonds. The molecule has 0 aliphatic carbocycles. The van der Waals surface area contributed by atoms with Gasteiger partial charge in [-0.3, -0.25) is 9.59 Å². The minimum Gasteiger partial charge on any atom is -0.545 e. The average Bonchev–Trinajstić information content (AvgIpc) is 3.17. The minimum atomic E-state index is -1.62. The lowest BCUT2D eigenvalue weighted by Gasteiger charge is -2.26. The van der Waals surface area contributed by atoms with Crippen LogP contribution in [0.3, 0.4) is 0 Å². The molecule has 57 heavy (non-hydrogen) atoms. The van der Waals surface area contributed by atoms with Crippen LogP contribution in [0.25, 0.3) is 0 Å². The SMILES string of the molecule is CC/C=C\C/C=C\C/C=C\C/C=C\CCCCCCCCCCCCCCCCC(=O)OC(COC(=O)CCCCCCC)COC(OCC[N+](C)(C)C)C(=O)[O-]. The molecule has 0 aromatic heterocycles. The normalized spacial score (nSPS) is 13.4. The number of rotatable bonds is 41. The van der Waals surface area contributed by atoms with E-state index in [1.54, 1.807) is 0 Å². The Bertz CT molecular complexity index is 1080. The Labute approximate surface area is 349 Å². The molecule has 2 unspecified atom stereocenters. The molecule has 2 atom stereocenters. The molecule has 0 aliphatic heterocycles. The Kier molecular flexibility index (Phi) is 38.1. The van der Waals surface area contributed by atoms with Crippen LogP contribution in [0.2, 0.25) is 0 Å². The van der Waals surface area contributed by atoms with E-state index >= 15 is 0 Å². The lowest BCUT2D eigenvalue weighted by Crippen LogP contribution is -2.44. The number of carbonyl (C=O) groups excluding carboxylic acids is 3. The Morgan fingerprint density at radius 2 is 1.00 bits per heavy atom. The average molecular weight is 804 g/mol. The van der Waals surface area contributed by atoms with Gasteiger partial charge in [-0.1, -0.05) is 165 Å². The van der Waals surface area contributed by atoms with Crippen LogP contribution in [0, 0.1) is 0 Å². The third kappa shape index (κ3) is 41.2. The molecule has 0 saturated heterocycles. The predicted molar refractivity (Wildman–Crippen MR) is 232 cm³/mol. The van der Waals surface area contributed by atoms with E-state index in [1.807, 2.05) is 21.1 Å². The lowest BCUT2D eigenvalue weighted by atomic mass is 10.0. The fraction of sp³-hybridized carbons (Fsp3) is 0.771. The zero-order chi connectivity index (χ0) is 42.1. The monoisotopic (exact) mass is 804 g/mol. The molecule has 0 N–H and O–H groups in total. The molecule has 9 nitrogen and oxygen atoms in total. The van der Waals surface area contributed by atoms with E-state index in [0.717, 1.165) is 77.0 Å². The number of carboxylic acids is 1. The molecule has 0 spiro atoms. The summed E-state index contributed by atoms with van der Waals surface area (Å²) < 4.78 is 22.4. The van der Waals surface area contributed by atoms with Gasteiger partial charge in [0, 0.05) is 12.8 Å². The predicted octanol–water partition coefficient (Wildman–Crippen LogP) is 10.7. The number of unbranched alkanes of at least 4 members (excludes halogenated alkanes) is 18. The number of allylic oxidation sites excluding steroid dienone is 8. The van der Waals surface area contributed by atoms with Gasteiger partial charge in [-0.25, -0.2) is 0 Å². The van der Waals surface area contributed by atoms with Crippen LogP contribution < -0.4 is 5.11 Å². The first-order chi connectivity index (χ1) is 27.6. The summed E-state index contributed by atoms with van der Waals surface area (Å²) in [6, 6.07) is 0. The van der Waals surface area contributed by atoms with Crippen LogP contribution in [0.1, 0.15) is 181 Å². The molecule has 0 aromatic carbocycles. The molecular formula is C48H85NO8. The maximum Gasteiger partial charge on any atom is 0.306 e. The van der Waals surface area contributed by atoms with Gasteiger partial charge in [-0.2, -0.15) is 0 Å². The van der Waals surface area contributed by atoms with Crippen molar-refractivity contribution in [1.82, 2.24) is 0 Å². The van der Waals surface area contributed by atoms with Crippen LogP contribution >= 0.6 is 0 Å². The fourth-order valence-corrected chi connectivity index (χ4v) is 6.05. The second-order valence-corrected chi connectivity index (χ2v) is 16.3. The Hall–Kier alpha value is -2.75. The maximum absolute atomic E-state index is 12.7. The van der Waals surface area contributed by atoms with E-state index in [9.17, 15) is 19.5 Å². The second-order valence-electron chi connectivity index (χ2n) is 16.3. The first kappa shape index (κ1) is 54.2. The molecule has 0 fully saturated rings. The van der Waals surface area contributed by atoms with Gasteiger partial charge in [0.25, 0.3) is 0 Å². The third-order valence-electron chi connectivity index (χ3n) is 9.59. The van der Waals surface area contributed by atoms with Crippen LogP contribution in [0.5, 0.6) is 0 Å². The Morgan fingerprint density at radius 1 is 0.544 bits per heavy atom. The number of likely N-dealkylation sites (N-methyl/N-ethyl adjacent to an activating group) is 1. The number of nitrogens with zero attached hydrogens (tertiary/aromatic N) is 1. The smallest absolute Gasteiger partial charge is 0.306 e. The fourth-order valence-electron chi connectivity index (χ4n) is 6.05. The molecule has 9 heteroatoms. The summed E-state index contributed by atoms with van der Waals surface area (Å²) in [7, 11) is 5.89. The number of aliphatic carboxylic acids is 1. The van der Waals surface area contributed by atoms with Gasteiger partial charge in [0.1, 0.15) is 13.2 Å². The summed E-state index contributed by atoms with van der Waals surface area (Å²) in [6.07, 6.45) is 43.4. The van der Waals surface area contributed by atoms with Crippen molar-refractivity contribution in [2.75, 3.05) is 47.5 Å². The zero-order valence-corrected chi connectivity index (χ0v) is 37.2. The lowest BCUT2D eigenvalue weighted by molar-refractivity contribution is -0.870. The van der Waals surface area contributed by atoms with Crippen molar-refractivity contribution in [3.8, 4) is 0 Å². The molecule has 0 rings (SSSR count). The highest BCUT2D eigenvalue weighted by atomic mass is 16.7. The van der Waals surface area contributed by atoms with E-state index in [1.165, 1.54) is 70.6 Å². The molecule has 0 bridgehead atoms. The third-order valence-corrected chi connectivity index (χ3v) is 9.59. The molecule has 0 aromatic rings. The first-order valence-electron chi connectivity index (χ1n) is 22.8. The van der Waals surface area contributed by atoms with Gasteiger partial charge in [0.15, 0.2) is 12.4 Å². The number of carbonyl (C=O) groups is 3. The van der Waals surface area contributed by atoms with Gasteiger partial charge in [0.2, 0.25) is 0 Å². The topological polar surface area (TPSA) is 111 Å². The van der Waals surface area contributed by atoms with Crippen molar-refractivity contribution in [1.29, 1.82) is 0 Å². The van der Waals surface area contributed by atoms with Crippen molar-refractivity contribution in [2.24, 2.45) is 0 Å². The Morgan fingerprint density at radius 3 is 1.49 bits per heavy atom. The summed E-state index contributed by atoms with van der Waals surface area (Å²) in [6.45, 7) is 4.52. The number of esters is 2. The number of quaternary nitrogens is 1. The first-order valence-corrected chi connectivity index (χ1v) is 22.8. The van der Waals surface area contributed by atoms with E-state index in [0.29, 0.717) is 17.4 Å². The van der Waals surface area contributed by atoms with Gasteiger partial charge >= 0.3 is 11.9 Å². The van der Waals surface area contributed by atoms with E-state index in [4.69, 9.17) is 18.9 Å². The maximum atomic E-state index is 12.7. The van der Waals surface area contributed by atoms with Gasteiger partial charge in [0.05, 0.1) is 40.3 Å². The highest BCUT2D eigenvalue weighted by molar-refractivity contribution is 5.70. The van der Waals surface area contributed by atoms with Crippen molar-refractivity contribution < 1.29 is 42.9 Å². The van der Waals surface area contributed by atoms with Crippen molar-refractivity contribution in [3.63, 3.8) is 0 Å². The molecule has 0 saturated carbocycles. The van der Waals surface area contributed by atoms with Gasteiger partial charge < -0.3 is 33.3 Å². The van der Waals surface area contributed by atoms with E-state index in [2.05, 4.69) is 62.5 Å². The largest absolute Gasteiger partial charge is 0.545 e. The van der Waals surface area contributed by atoms with Crippen LogP contribution in [0.15, 0.2) is 48.6 Å². The molecule has 0 heterocycles. The quantitative estimate of drug-likeness (QED) is 0.0197. The highest BCUT2D eigenvalue weighted by Gasteiger charge is 2.21. The standard InChI is InChI=1S/C48H85NO8/c1-6-8-10-12-13-14-15-16-17-18-19-20-21-22-23-24-25-26-27-28-29-30-31-32-33-35-37-39-46(51)57-44(42-55-45(50)38-36-34-11-9-7-2)43-56-48(47(52)53)54-41-40-49(3,4)5/h8,10,13-14,16-17,19-20,44,48H,6-7,9,11-12,15,18,21-43H2,1-5H3/b10-8-,14-13-,17-16-,20-19-. The van der Waals surface area contributed by atoms with E-state index < -0.39 is 24.3 Å². The highest BCUT2D eigenvalue weighted by Crippen LogP contribution is 2.15. The molecular weight excluding hydrogens is 719 g/mol. The number of hydrogen-bond donors (Lipinski definition) is 0. The van der Waals surface area contributed by atoms with Gasteiger partial charge in [-0.15, -0.1) is 0 Å². The van der Waals surface area contributed by atoms with Crippen molar-refractivity contribution >= 4 is 17.9 Å². The van der Waals surface area contributed by atoms with Crippen molar-refractivity contribution in [2.45, 2.75) is 193 Å². The zero-order valence-electron chi connectivity index (χ0n) is 37.2. The number of carboxylic acid groups (broad SMARTS) is 1. The molecule has 0 aliphatic rings. The van der Waals surface area contributed by atoms with Gasteiger partial charge in [-0.05, 0) is 51.4 Å². The van der Waals surface area contributed by atoms with E-state index in [-0.39, 0.29) is 38.6 Å². The minimum absolute atomic E-state index is 0.147. The number of hydrogen-bond acceptors (Lipinski definition) is 8. The van der Waals surface area contributed by atoms with Crippen molar-refractivity contribution in [3.05, 3.63) is 48.6 Å². The summed E-state index contributed by atoms with van der Waals surface area (Å²) in [4.78, 5) is 36.6. The van der Waals surface area contributed by atoms with Crippen LogP contribution in [-0.4, -0.2) is 82.3 Å². The number of ether oxygens (including phenoxy) is 4. The summed E-state index contributed by atoms with van der Waals surface area (Å²) >= 11 is 0.